The largest absolute Gasteiger partial charge is 0.352 e. The molecule has 0 saturated heterocycles. The van der Waals surface area contributed by atoms with Gasteiger partial charge in [0.1, 0.15) is 0 Å². The van der Waals surface area contributed by atoms with Crippen LogP contribution in [-0.4, -0.2) is 9.78 Å². The molecule has 3 aromatic rings. The monoisotopic (exact) mass is 262 g/mol. The molecule has 98 valence electrons. The van der Waals surface area contributed by atoms with Gasteiger partial charge < -0.3 is 5.32 Å². The van der Waals surface area contributed by atoms with Gasteiger partial charge >= 0.3 is 0 Å². The van der Waals surface area contributed by atoms with Crippen molar-refractivity contribution in [2.45, 2.75) is 6.92 Å². The molecule has 0 spiro atoms. The quantitative estimate of drug-likeness (QED) is 0.769. The molecule has 0 amide bonds. The molecule has 4 heteroatoms. The average molecular weight is 262 g/mol. The van der Waals surface area contributed by atoms with Gasteiger partial charge in [-0.2, -0.15) is 10.4 Å². The zero-order valence-electron chi connectivity index (χ0n) is 11.4. The lowest BCUT2D eigenvalue weighted by Crippen LogP contribution is -1.93. The second kappa shape index (κ2) is 4.71. The van der Waals surface area contributed by atoms with Crippen LogP contribution in [0.15, 0.2) is 42.6 Å². The maximum absolute atomic E-state index is 9.18. The van der Waals surface area contributed by atoms with E-state index in [0.29, 0.717) is 5.56 Å². The molecule has 0 aliphatic carbocycles. The van der Waals surface area contributed by atoms with Gasteiger partial charge in [0.2, 0.25) is 0 Å². The molecule has 2 aromatic carbocycles. The van der Waals surface area contributed by atoms with Crippen LogP contribution in [0.25, 0.3) is 10.8 Å². The minimum Gasteiger partial charge on any atom is -0.352 e. The lowest BCUT2D eigenvalue weighted by Gasteiger charge is -2.09. The molecule has 0 bridgehead atoms. The summed E-state index contributed by atoms with van der Waals surface area (Å²) in [5, 5.41) is 18.9. The van der Waals surface area contributed by atoms with Gasteiger partial charge in [-0.1, -0.05) is 24.3 Å². The highest BCUT2D eigenvalue weighted by Crippen LogP contribution is 2.29. The maximum atomic E-state index is 9.18. The summed E-state index contributed by atoms with van der Waals surface area (Å²) < 4.78 is 1.78. The van der Waals surface area contributed by atoms with Gasteiger partial charge in [0.25, 0.3) is 0 Å². The van der Waals surface area contributed by atoms with Crippen molar-refractivity contribution in [3.63, 3.8) is 0 Å². The van der Waals surface area contributed by atoms with Crippen LogP contribution in [0, 0.1) is 18.3 Å². The number of nitriles is 1. The first kappa shape index (κ1) is 12.2. The number of nitrogens with zero attached hydrogens (tertiary/aromatic N) is 3. The molecule has 0 radical (unpaired) electrons. The second-order valence-electron chi connectivity index (χ2n) is 4.74. The second-order valence-corrected chi connectivity index (χ2v) is 4.74. The van der Waals surface area contributed by atoms with Crippen molar-refractivity contribution in [1.82, 2.24) is 9.78 Å². The molecule has 20 heavy (non-hydrogen) atoms. The Balaban J connectivity index is 2.13. The number of rotatable bonds is 2. The number of nitrogens with one attached hydrogen (secondary N) is 1. The van der Waals surface area contributed by atoms with Crippen LogP contribution >= 0.6 is 0 Å². The number of hydrogen-bond acceptors (Lipinski definition) is 3. The number of benzene rings is 2. The van der Waals surface area contributed by atoms with E-state index in [1.807, 2.05) is 56.6 Å². The van der Waals surface area contributed by atoms with E-state index in [4.69, 9.17) is 0 Å². The molecule has 1 heterocycles. The van der Waals surface area contributed by atoms with Crippen molar-refractivity contribution in [2.24, 2.45) is 7.05 Å². The van der Waals surface area contributed by atoms with E-state index in [2.05, 4.69) is 16.5 Å². The highest BCUT2D eigenvalue weighted by Gasteiger charge is 2.08. The summed E-state index contributed by atoms with van der Waals surface area (Å²) >= 11 is 0. The van der Waals surface area contributed by atoms with E-state index in [1.54, 1.807) is 4.68 Å². The highest BCUT2D eigenvalue weighted by molar-refractivity contribution is 5.98. The van der Waals surface area contributed by atoms with E-state index in [-0.39, 0.29) is 0 Å². The number of aromatic nitrogens is 2. The Bertz CT molecular complexity index is 824. The third-order valence-electron chi connectivity index (χ3n) is 3.33. The smallest absolute Gasteiger partial charge is 0.0998 e. The van der Waals surface area contributed by atoms with Crippen molar-refractivity contribution in [1.29, 1.82) is 5.26 Å². The molecule has 0 saturated carbocycles. The van der Waals surface area contributed by atoms with Gasteiger partial charge in [-0.3, -0.25) is 4.68 Å². The van der Waals surface area contributed by atoms with Crippen LogP contribution < -0.4 is 5.32 Å². The Kier molecular flexibility index (Phi) is 2.88. The number of aryl methyl sites for hydroxylation is 2. The SMILES string of the molecule is Cc1nn(C)cc1Nc1ccc(C#N)c2ccccc12. The topological polar surface area (TPSA) is 53.6 Å². The summed E-state index contributed by atoms with van der Waals surface area (Å²) in [7, 11) is 1.90. The molecule has 0 aliphatic heterocycles. The van der Waals surface area contributed by atoms with E-state index >= 15 is 0 Å². The molecule has 0 aliphatic rings. The molecule has 4 nitrogen and oxygen atoms in total. The van der Waals surface area contributed by atoms with Crippen molar-refractivity contribution in [2.75, 3.05) is 5.32 Å². The lowest BCUT2D eigenvalue weighted by atomic mass is 10.0. The van der Waals surface area contributed by atoms with Crippen LogP contribution in [0.4, 0.5) is 11.4 Å². The fourth-order valence-corrected chi connectivity index (χ4v) is 2.37. The fraction of sp³-hybridized carbons (Fsp3) is 0.125. The normalized spacial score (nSPS) is 10.4. The summed E-state index contributed by atoms with van der Waals surface area (Å²) in [4.78, 5) is 0. The molecule has 1 aromatic heterocycles. The first-order valence-electron chi connectivity index (χ1n) is 6.38. The number of anilines is 2. The van der Waals surface area contributed by atoms with Crippen LogP contribution in [0.1, 0.15) is 11.3 Å². The van der Waals surface area contributed by atoms with Gasteiger partial charge in [0.05, 0.1) is 23.0 Å². The Hall–Kier alpha value is -2.80. The predicted octanol–water partition coefficient (Wildman–Crippen LogP) is 3.50. The van der Waals surface area contributed by atoms with Crippen LogP contribution in [0.5, 0.6) is 0 Å². The van der Waals surface area contributed by atoms with Crippen LogP contribution in [-0.2, 0) is 7.05 Å². The van der Waals surface area contributed by atoms with E-state index < -0.39 is 0 Å². The van der Waals surface area contributed by atoms with E-state index in [1.165, 1.54) is 0 Å². The first-order valence-corrected chi connectivity index (χ1v) is 6.38. The van der Waals surface area contributed by atoms with E-state index in [0.717, 1.165) is 27.8 Å². The van der Waals surface area contributed by atoms with E-state index in [9.17, 15) is 5.26 Å². The summed E-state index contributed by atoms with van der Waals surface area (Å²) in [5.74, 6) is 0. The fourth-order valence-electron chi connectivity index (χ4n) is 2.37. The Morgan fingerprint density at radius 1 is 1.10 bits per heavy atom. The van der Waals surface area contributed by atoms with Crippen molar-refractivity contribution < 1.29 is 0 Å². The van der Waals surface area contributed by atoms with Gasteiger partial charge in [-0.15, -0.1) is 0 Å². The van der Waals surface area contributed by atoms with Crippen LogP contribution in [0.2, 0.25) is 0 Å². The molecule has 0 unspecified atom stereocenters. The molecular formula is C16H14N4. The lowest BCUT2D eigenvalue weighted by molar-refractivity contribution is 0.756. The zero-order chi connectivity index (χ0) is 14.1. The van der Waals surface area contributed by atoms with Gasteiger partial charge in [0, 0.05) is 29.7 Å². The van der Waals surface area contributed by atoms with Crippen molar-refractivity contribution >= 4 is 22.1 Å². The third kappa shape index (κ3) is 1.99. The zero-order valence-corrected chi connectivity index (χ0v) is 11.4. The standard InChI is InChI=1S/C16H14N4/c1-11-16(10-20(2)19-11)18-15-8-7-12(9-17)13-5-3-4-6-14(13)15/h3-8,10,18H,1-2H3. The molecular weight excluding hydrogens is 248 g/mol. The predicted molar refractivity (Wildman–Crippen MR) is 79.9 cm³/mol. The number of fused-ring (bicyclic) bond motifs is 1. The Morgan fingerprint density at radius 2 is 1.85 bits per heavy atom. The number of hydrogen-bond donors (Lipinski definition) is 1. The Morgan fingerprint density at radius 3 is 2.50 bits per heavy atom. The van der Waals surface area contributed by atoms with Crippen LogP contribution in [0.3, 0.4) is 0 Å². The van der Waals surface area contributed by atoms with Gasteiger partial charge in [-0.25, -0.2) is 0 Å². The summed E-state index contributed by atoms with van der Waals surface area (Å²) in [5.41, 5.74) is 3.59. The molecule has 1 N–H and O–H groups in total. The maximum Gasteiger partial charge on any atom is 0.0998 e. The van der Waals surface area contributed by atoms with Crippen molar-refractivity contribution in [3.8, 4) is 6.07 Å². The molecule has 0 atom stereocenters. The van der Waals surface area contributed by atoms with Crippen molar-refractivity contribution in [3.05, 3.63) is 53.9 Å². The summed E-state index contributed by atoms with van der Waals surface area (Å²) in [6.45, 7) is 1.97. The summed E-state index contributed by atoms with van der Waals surface area (Å²) in [6.07, 6.45) is 1.95. The average Bonchev–Trinajstić information content (AvgIpc) is 2.77. The third-order valence-corrected chi connectivity index (χ3v) is 3.33. The first-order chi connectivity index (χ1) is 9.69. The van der Waals surface area contributed by atoms with Gasteiger partial charge in [0.15, 0.2) is 0 Å². The minimum atomic E-state index is 0.689. The Labute approximate surface area is 117 Å². The van der Waals surface area contributed by atoms with Gasteiger partial charge in [-0.05, 0) is 19.1 Å². The molecule has 0 fully saturated rings. The summed E-state index contributed by atoms with van der Waals surface area (Å²) in [6, 6.07) is 13.9. The highest BCUT2D eigenvalue weighted by atomic mass is 15.3. The minimum absolute atomic E-state index is 0.689. The molecule has 3 rings (SSSR count).